The minimum atomic E-state index is -0.391. The van der Waals surface area contributed by atoms with Gasteiger partial charge in [-0.2, -0.15) is 10.4 Å². The van der Waals surface area contributed by atoms with Gasteiger partial charge >= 0.3 is 0 Å². The Morgan fingerprint density at radius 3 is 2.84 bits per heavy atom. The third-order valence-corrected chi connectivity index (χ3v) is 3.76. The molecule has 7 nitrogen and oxygen atoms in total. The van der Waals surface area contributed by atoms with E-state index in [1.54, 1.807) is 6.07 Å². The van der Waals surface area contributed by atoms with Gasteiger partial charge in [0, 0.05) is 5.56 Å². The second-order valence-electron chi connectivity index (χ2n) is 5.57. The summed E-state index contributed by atoms with van der Waals surface area (Å²) in [5.74, 6) is 0.121. The first-order valence-corrected chi connectivity index (χ1v) is 7.55. The lowest BCUT2D eigenvalue weighted by atomic mass is 10.1. The summed E-state index contributed by atoms with van der Waals surface area (Å²) in [6.45, 7) is 3.90. The summed E-state index contributed by atoms with van der Waals surface area (Å²) in [5.41, 5.74) is 12.9. The average Bonchev–Trinajstić information content (AvgIpc) is 2.99. The number of amidine groups is 1. The van der Waals surface area contributed by atoms with Crippen LogP contribution < -0.4 is 11.2 Å². The molecule has 0 unspecified atom stereocenters. The number of nitriles is 1. The standard InChI is InChI=1S/C18H16N6O/c1-10-6-7-16-14(8-10)22-18(25-16)12-4-3-5-13(11(12)2)23-24-15(9-19)17(20)21/h3-8,23H,1-2H3,(H3,20,21)/b24-15+. The fourth-order valence-corrected chi connectivity index (χ4v) is 2.40. The van der Waals surface area contributed by atoms with Crippen molar-refractivity contribution in [2.75, 3.05) is 5.43 Å². The van der Waals surface area contributed by atoms with Gasteiger partial charge in [0.25, 0.3) is 0 Å². The van der Waals surface area contributed by atoms with E-state index in [-0.39, 0.29) is 5.71 Å². The van der Waals surface area contributed by atoms with E-state index in [2.05, 4.69) is 15.5 Å². The minimum Gasteiger partial charge on any atom is -0.436 e. The minimum absolute atomic E-state index is 0.179. The molecule has 0 fully saturated rings. The van der Waals surface area contributed by atoms with Crippen LogP contribution >= 0.6 is 0 Å². The van der Waals surface area contributed by atoms with Crippen molar-refractivity contribution in [1.29, 1.82) is 10.7 Å². The van der Waals surface area contributed by atoms with Crippen LogP contribution in [0.25, 0.3) is 22.6 Å². The molecule has 1 aromatic heterocycles. The summed E-state index contributed by atoms with van der Waals surface area (Å²) in [7, 11) is 0. The van der Waals surface area contributed by atoms with Gasteiger partial charge in [0.15, 0.2) is 11.4 Å². The second kappa shape index (κ2) is 6.45. The number of benzene rings is 2. The predicted molar refractivity (Wildman–Crippen MR) is 97.5 cm³/mol. The van der Waals surface area contributed by atoms with E-state index >= 15 is 0 Å². The van der Waals surface area contributed by atoms with Gasteiger partial charge in [-0.05, 0) is 49.2 Å². The molecule has 1 heterocycles. The smallest absolute Gasteiger partial charge is 0.227 e. The van der Waals surface area contributed by atoms with Crippen LogP contribution in [0.2, 0.25) is 0 Å². The lowest BCUT2D eigenvalue weighted by molar-refractivity contribution is 0.619. The molecule has 124 valence electrons. The Kier molecular flexibility index (Phi) is 4.18. The second-order valence-corrected chi connectivity index (χ2v) is 5.57. The topological polar surface area (TPSA) is 124 Å². The molecular formula is C18H16N6O. The predicted octanol–water partition coefficient (Wildman–Crippen LogP) is 3.34. The van der Waals surface area contributed by atoms with Crippen LogP contribution in [-0.2, 0) is 0 Å². The zero-order valence-corrected chi connectivity index (χ0v) is 13.8. The summed E-state index contributed by atoms with van der Waals surface area (Å²) in [5, 5.41) is 20.1. The van der Waals surface area contributed by atoms with Gasteiger partial charge < -0.3 is 10.2 Å². The van der Waals surface area contributed by atoms with Crippen LogP contribution in [0.4, 0.5) is 5.69 Å². The Hall–Kier alpha value is -3.66. The molecule has 0 radical (unpaired) electrons. The molecule has 0 bridgehead atoms. The molecule has 0 amide bonds. The highest BCUT2D eigenvalue weighted by Crippen LogP contribution is 2.30. The third kappa shape index (κ3) is 3.19. The zero-order chi connectivity index (χ0) is 18.0. The third-order valence-electron chi connectivity index (χ3n) is 3.76. The first-order chi connectivity index (χ1) is 12.0. The Bertz CT molecular complexity index is 1040. The van der Waals surface area contributed by atoms with E-state index in [4.69, 9.17) is 20.8 Å². The van der Waals surface area contributed by atoms with E-state index in [0.717, 1.165) is 27.8 Å². The van der Waals surface area contributed by atoms with Crippen molar-refractivity contribution >= 4 is 28.3 Å². The molecule has 7 heteroatoms. The SMILES string of the molecule is Cc1ccc2oc(-c3cccc(N/N=C(\C#N)C(=N)N)c3C)nc2c1. The Labute approximate surface area is 144 Å². The number of aromatic nitrogens is 1. The van der Waals surface area contributed by atoms with Crippen molar-refractivity contribution in [2.24, 2.45) is 10.8 Å². The summed E-state index contributed by atoms with van der Waals surface area (Å²) < 4.78 is 5.85. The number of aryl methyl sites for hydroxylation is 1. The van der Waals surface area contributed by atoms with Gasteiger partial charge in [0.2, 0.25) is 11.6 Å². The van der Waals surface area contributed by atoms with E-state index in [0.29, 0.717) is 11.6 Å². The van der Waals surface area contributed by atoms with Gasteiger partial charge in [-0.3, -0.25) is 10.8 Å². The number of fused-ring (bicyclic) bond motifs is 1. The van der Waals surface area contributed by atoms with Crippen molar-refractivity contribution in [3.63, 3.8) is 0 Å². The van der Waals surface area contributed by atoms with Crippen LogP contribution in [0.3, 0.4) is 0 Å². The average molecular weight is 332 g/mol. The maximum Gasteiger partial charge on any atom is 0.227 e. The van der Waals surface area contributed by atoms with E-state index in [1.165, 1.54) is 0 Å². The van der Waals surface area contributed by atoms with Crippen LogP contribution in [-0.4, -0.2) is 16.5 Å². The van der Waals surface area contributed by atoms with Crippen molar-refractivity contribution in [3.05, 3.63) is 47.5 Å². The van der Waals surface area contributed by atoms with Gasteiger partial charge in [0.05, 0.1) is 5.69 Å². The zero-order valence-electron chi connectivity index (χ0n) is 13.8. The first-order valence-electron chi connectivity index (χ1n) is 7.55. The van der Waals surface area contributed by atoms with Crippen LogP contribution in [0.5, 0.6) is 0 Å². The number of rotatable bonds is 4. The van der Waals surface area contributed by atoms with Crippen molar-refractivity contribution in [2.45, 2.75) is 13.8 Å². The molecule has 4 N–H and O–H groups in total. The van der Waals surface area contributed by atoms with E-state index < -0.39 is 5.84 Å². The molecule has 3 rings (SSSR count). The van der Waals surface area contributed by atoms with Gasteiger partial charge in [-0.15, -0.1) is 0 Å². The van der Waals surface area contributed by atoms with Crippen molar-refractivity contribution in [1.82, 2.24) is 4.98 Å². The molecule has 0 spiro atoms. The maximum absolute atomic E-state index is 8.91. The van der Waals surface area contributed by atoms with Crippen molar-refractivity contribution in [3.8, 4) is 17.5 Å². The number of nitrogens with one attached hydrogen (secondary N) is 2. The number of hydrogen-bond donors (Lipinski definition) is 3. The normalized spacial score (nSPS) is 11.3. The quantitative estimate of drug-likeness (QED) is 0.384. The molecule has 0 aliphatic rings. The van der Waals surface area contributed by atoms with Crippen LogP contribution in [0, 0.1) is 30.6 Å². The Balaban J connectivity index is 2.00. The highest BCUT2D eigenvalue weighted by atomic mass is 16.3. The molecular weight excluding hydrogens is 316 g/mol. The fraction of sp³-hybridized carbons (Fsp3) is 0.111. The molecule has 3 aromatic rings. The van der Waals surface area contributed by atoms with E-state index in [1.807, 2.05) is 50.2 Å². The number of hydrazone groups is 1. The molecule has 0 saturated heterocycles. The number of oxazole rings is 1. The number of hydrogen-bond acceptors (Lipinski definition) is 6. The van der Waals surface area contributed by atoms with Crippen molar-refractivity contribution < 1.29 is 4.42 Å². The lowest BCUT2D eigenvalue weighted by Gasteiger charge is -2.08. The van der Waals surface area contributed by atoms with Crippen LogP contribution in [0.15, 0.2) is 45.9 Å². The van der Waals surface area contributed by atoms with E-state index in [9.17, 15) is 0 Å². The molecule has 0 aliphatic carbocycles. The Morgan fingerprint density at radius 1 is 1.32 bits per heavy atom. The lowest BCUT2D eigenvalue weighted by Crippen LogP contribution is -2.21. The number of anilines is 1. The summed E-state index contributed by atoms with van der Waals surface area (Å²) in [4.78, 5) is 4.55. The summed E-state index contributed by atoms with van der Waals surface area (Å²) in [6, 6.07) is 13.2. The Morgan fingerprint density at radius 2 is 2.12 bits per heavy atom. The summed E-state index contributed by atoms with van der Waals surface area (Å²) in [6.07, 6.45) is 0. The van der Waals surface area contributed by atoms with Crippen LogP contribution in [0.1, 0.15) is 11.1 Å². The molecule has 0 saturated carbocycles. The summed E-state index contributed by atoms with van der Waals surface area (Å²) >= 11 is 0. The first kappa shape index (κ1) is 16.2. The number of nitrogens with zero attached hydrogens (tertiary/aromatic N) is 3. The maximum atomic E-state index is 8.91. The monoisotopic (exact) mass is 332 g/mol. The highest BCUT2D eigenvalue weighted by molar-refractivity contribution is 6.45. The molecule has 0 atom stereocenters. The van der Waals surface area contributed by atoms with Gasteiger partial charge in [-0.25, -0.2) is 4.98 Å². The fourth-order valence-electron chi connectivity index (χ4n) is 2.40. The van der Waals surface area contributed by atoms with Gasteiger partial charge in [-0.1, -0.05) is 12.1 Å². The molecule has 2 aromatic carbocycles. The number of nitrogens with two attached hydrogens (primary N) is 1. The molecule has 0 aliphatic heterocycles. The molecule has 25 heavy (non-hydrogen) atoms. The largest absolute Gasteiger partial charge is 0.436 e. The van der Waals surface area contributed by atoms with Gasteiger partial charge in [0.1, 0.15) is 11.6 Å². The highest BCUT2D eigenvalue weighted by Gasteiger charge is 2.13.